The maximum absolute atomic E-state index is 11.2. The Bertz CT molecular complexity index is 454. The van der Waals surface area contributed by atoms with E-state index in [1.807, 2.05) is 0 Å². The number of hydrogen-bond acceptors (Lipinski definition) is 5. The van der Waals surface area contributed by atoms with Gasteiger partial charge in [0.1, 0.15) is 0 Å². The van der Waals surface area contributed by atoms with Crippen molar-refractivity contribution in [3.63, 3.8) is 0 Å². The molecular weight excluding hydrogens is 240 g/mol. The van der Waals surface area contributed by atoms with E-state index >= 15 is 0 Å². The van der Waals surface area contributed by atoms with Gasteiger partial charge >= 0.3 is 11.9 Å². The van der Waals surface area contributed by atoms with Crippen molar-refractivity contribution in [2.24, 2.45) is 0 Å². The zero-order chi connectivity index (χ0) is 13.7. The molecule has 0 spiro atoms. The van der Waals surface area contributed by atoms with Crippen molar-refractivity contribution < 1.29 is 28.9 Å². The van der Waals surface area contributed by atoms with Gasteiger partial charge in [-0.2, -0.15) is 0 Å². The first-order valence-electron chi connectivity index (χ1n) is 5.15. The minimum Gasteiger partial charge on any atom is -0.493 e. The van der Waals surface area contributed by atoms with Crippen molar-refractivity contribution >= 4 is 11.9 Å². The smallest absolute Gasteiger partial charge is 0.346 e. The van der Waals surface area contributed by atoms with Crippen LogP contribution in [0.4, 0.5) is 0 Å². The summed E-state index contributed by atoms with van der Waals surface area (Å²) in [5.74, 6) is -1.08. The first kappa shape index (κ1) is 13.8. The molecule has 0 aliphatic heterocycles. The minimum atomic E-state index is -1.07. The number of methoxy groups -OCH3 is 2. The molecule has 0 heterocycles. The molecule has 0 aromatic heterocycles. The summed E-state index contributed by atoms with van der Waals surface area (Å²) in [5.41, 5.74) is 0.0740. The molecule has 98 valence electrons. The summed E-state index contributed by atoms with van der Waals surface area (Å²) in [5, 5.41) is 8.83. The number of rotatable bonds is 5. The molecule has 0 amide bonds. The number of benzene rings is 1. The van der Waals surface area contributed by atoms with Gasteiger partial charge < -0.3 is 19.3 Å². The Labute approximate surface area is 104 Å². The van der Waals surface area contributed by atoms with Gasteiger partial charge in [-0.05, 0) is 25.1 Å². The molecule has 6 nitrogen and oxygen atoms in total. The molecule has 0 saturated heterocycles. The minimum absolute atomic E-state index is 0.0740. The van der Waals surface area contributed by atoms with Crippen LogP contribution in [0.5, 0.6) is 11.5 Å². The van der Waals surface area contributed by atoms with E-state index in [0.29, 0.717) is 0 Å². The second-order valence-corrected chi connectivity index (χ2v) is 3.45. The largest absolute Gasteiger partial charge is 0.493 e. The number of carboxylic acid groups (broad SMARTS) is 1. The standard InChI is InChI=1S/C12H14O6/c1-7(12(15)17-3)18-9-5-4-8(11(13)14)6-10(9)16-2/h4-7H,1-3H3,(H,13,14). The molecule has 0 aliphatic rings. The molecule has 1 N–H and O–H groups in total. The molecule has 1 rings (SSSR count). The van der Waals surface area contributed by atoms with E-state index < -0.39 is 18.0 Å². The predicted octanol–water partition coefficient (Wildman–Crippen LogP) is 1.33. The zero-order valence-corrected chi connectivity index (χ0v) is 10.3. The van der Waals surface area contributed by atoms with Crippen molar-refractivity contribution in [1.82, 2.24) is 0 Å². The van der Waals surface area contributed by atoms with Crippen LogP contribution in [0.2, 0.25) is 0 Å². The van der Waals surface area contributed by atoms with Gasteiger partial charge in [-0.1, -0.05) is 0 Å². The molecule has 0 saturated carbocycles. The fraction of sp³-hybridized carbons (Fsp3) is 0.333. The summed E-state index contributed by atoms with van der Waals surface area (Å²) >= 11 is 0. The Morgan fingerprint density at radius 1 is 1.22 bits per heavy atom. The van der Waals surface area contributed by atoms with Crippen LogP contribution in [0.1, 0.15) is 17.3 Å². The second kappa shape index (κ2) is 5.90. The van der Waals surface area contributed by atoms with Gasteiger partial charge in [0.15, 0.2) is 17.6 Å². The number of esters is 1. The van der Waals surface area contributed by atoms with Crippen LogP contribution in [0, 0.1) is 0 Å². The molecule has 6 heteroatoms. The van der Waals surface area contributed by atoms with Gasteiger partial charge in [-0.15, -0.1) is 0 Å². The van der Waals surface area contributed by atoms with Gasteiger partial charge in [0.2, 0.25) is 0 Å². The van der Waals surface area contributed by atoms with E-state index in [4.69, 9.17) is 14.6 Å². The number of aromatic carboxylic acids is 1. The third-order valence-corrected chi connectivity index (χ3v) is 2.25. The fourth-order valence-corrected chi connectivity index (χ4v) is 1.30. The predicted molar refractivity (Wildman–Crippen MR) is 62.1 cm³/mol. The molecule has 1 unspecified atom stereocenters. The van der Waals surface area contributed by atoms with Gasteiger partial charge in [0.05, 0.1) is 19.8 Å². The van der Waals surface area contributed by atoms with Gasteiger partial charge in [-0.25, -0.2) is 9.59 Å². The number of ether oxygens (including phenoxy) is 3. The molecule has 1 aromatic carbocycles. The average molecular weight is 254 g/mol. The first-order valence-corrected chi connectivity index (χ1v) is 5.15. The van der Waals surface area contributed by atoms with Crippen LogP contribution >= 0.6 is 0 Å². The van der Waals surface area contributed by atoms with E-state index in [1.165, 1.54) is 39.3 Å². The first-order chi connectivity index (χ1) is 8.49. The number of carbonyl (C=O) groups excluding carboxylic acids is 1. The summed E-state index contributed by atoms with van der Waals surface area (Å²) in [7, 11) is 2.64. The van der Waals surface area contributed by atoms with Crippen LogP contribution < -0.4 is 9.47 Å². The molecular formula is C12H14O6. The lowest BCUT2D eigenvalue weighted by atomic mass is 10.2. The van der Waals surface area contributed by atoms with Crippen molar-refractivity contribution in [2.75, 3.05) is 14.2 Å². The highest BCUT2D eigenvalue weighted by Gasteiger charge is 2.18. The van der Waals surface area contributed by atoms with E-state index in [9.17, 15) is 9.59 Å². The highest BCUT2D eigenvalue weighted by Crippen LogP contribution is 2.29. The summed E-state index contributed by atoms with van der Waals surface area (Å²) in [4.78, 5) is 22.0. The van der Waals surface area contributed by atoms with E-state index in [-0.39, 0.29) is 17.1 Å². The molecule has 1 atom stereocenters. The van der Waals surface area contributed by atoms with Crippen molar-refractivity contribution in [1.29, 1.82) is 0 Å². The third kappa shape index (κ3) is 3.13. The summed E-state index contributed by atoms with van der Waals surface area (Å²) < 4.78 is 14.9. The lowest BCUT2D eigenvalue weighted by Crippen LogP contribution is -2.25. The highest BCUT2D eigenvalue weighted by atomic mass is 16.6. The van der Waals surface area contributed by atoms with Crippen molar-refractivity contribution in [3.8, 4) is 11.5 Å². The Kier molecular flexibility index (Phi) is 4.53. The van der Waals surface area contributed by atoms with Gasteiger partial charge in [0, 0.05) is 0 Å². The van der Waals surface area contributed by atoms with E-state index in [1.54, 1.807) is 0 Å². The Balaban J connectivity index is 2.96. The van der Waals surface area contributed by atoms with E-state index in [2.05, 4.69) is 4.74 Å². The average Bonchev–Trinajstić information content (AvgIpc) is 2.37. The summed E-state index contributed by atoms with van der Waals surface area (Å²) in [6.07, 6.45) is -0.806. The van der Waals surface area contributed by atoms with E-state index in [0.717, 1.165) is 0 Å². The zero-order valence-electron chi connectivity index (χ0n) is 10.3. The molecule has 0 fully saturated rings. The van der Waals surface area contributed by atoms with Gasteiger partial charge in [0.25, 0.3) is 0 Å². The van der Waals surface area contributed by atoms with Crippen LogP contribution in [-0.4, -0.2) is 37.4 Å². The lowest BCUT2D eigenvalue weighted by Gasteiger charge is -2.15. The third-order valence-electron chi connectivity index (χ3n) is 2.25. The quantitative estimate of drug-likeness (QED) is 0.798. The Morgan fingerprint density at radius 2 is 1.89 bits per heavy atom. The van der Waals surface area contributed by atoms with Crippen LogP contribution in [0.3, 0.4) is 0 Å². The Hall–Kier alpha value is -2.24. The van der Waals surface area contributed by atoms with Gasteiger partial charge in [-0.3, -0.25) is 0 Å². The van der Waals surface area contributed by atoms with Crippen LogP contribution in [0.25, 0.3) is 0 Å². The number of carboxylic acids is 1. The number of carbonyl (C=O) groups is 2. The number of hydrogen-bond donors (Lipinski definition) is 1. The summed E-state index contributed by atoms with van der Waals surface area (Å²) in [6, 6.07) is 4.12. The van der Waals surface area contributed by atoms with Crippen LogP contribution in [0.15, 0.2) is 18.2 Å². The fourth-order valence-electron chi connectivity index (χ4n) is 1.30. The second-order valence-electron chi connectivity index (χ2n) is 3.45. The SMILES string of the molecule is COC(=O)C(C)Oc1ccc(C(=O)O)cc1OC. The maximum atomic E-state index is 11.2. The molecule has 1 aromatic rings. The lowest BCUT2D eigenvalue weighted by molar-refractivity contribution is -0.147. The van der Waals surface area contributed by atoms with Crippen molar-refractivity contribution in [2.45, 2.75) is 13.0 Å². The topological polar surface area (TPSA) is 82.1 Å². The maximum Gasteiger partial charge on any atom is 0.346 e. The molecule has 0 radical (unpaired) electrons. The normalized spacial score (nSPS) is 11.5. The van der Waals surface area contributed by atoms with Crippen LogP contribution in [-0.2, 0) is 9.53 Å². The molecule has 0 aliphatic carbocycles. The molecule has 0 bridgehead atoms. The monoisotopic (exact) mass is 254 g/mol. The highest BCUT2D eigenvalue weighted by molar-refractivity contribution is 5.88. The van der Waals surface area contributed by atoms with Crippen molar-refractivity contribution in [3.05, 3.63) is 23.8 Å². The summed E-state index contributed by atoms with van der Waals surface area (Å²) in [6.45, 7) is 1.52. The Morgan fingerprint density at radius 3 is 2.39 bits per heavy atom. The molecule has 18 heavy (non-hydrogen) atoms.